The van der Waals surface area contributed by atoms with E-state index < -0.39 is 0 Å². The molecule has 0 radical (unpaired) electrons. The van der Waals surface area contributed by atoms with E-state index in [1.807, 2.05) is 13.8 Å². The van der Waals surface area contributed by atoms with Crippen LogP contribution in [0.1, 0.15) is 25.8 Å². The first-order valence-corrected chi connectivity index (χ1v) is 6.05. The Kier molecular flexibility index (Phi) is 5.28. The maximum atomic E-state index is 13.3. The predicted octanol–water partition coefficient (Wildman–Crippen LogP) is 1.89. The molecule has 0 saturated carbocycles. The molecule has 0 aromatic heterocycles. The van der Waals surface area contributed by atoms with Gasteiger partial charge in [-0.15, -0.1) is 0 Å². The predicted molar refractivity (Wildman–Crippen MR) is 68.6 cm³/mol. The first-order valence-electron chi connectivity index (χ1n) is 6.05. The second-order valence-corrected chi connectivity index (χ2v) is 5.19. The molecule has 3 nitrogen and oxygen atoms in total. The molecular weight excluding hydrogens is 233 g/mol. The number of nitrogens with one attached hydrogen (secondary N) is 1. The first kappa shape index (κ1) is 14.6. The average molecular weight is 253 g/mol. The molecule has 1 aromatic carbocycles. The van der Waals surface area contributed by atoms with Gasteiger partial charge in [-0.2, -0.15) is 0 Å². The quantitative estimate of drug-likeness (QED) is 0.813. The van der Waals surface area contributed by atoms with Gasteiger partial charge in [-0.05, 0) is 18.1 Å². The maximum Gasteiger partial charge on any atom is 0.220 e. The van der Waals surface area contributed by atoms with E-state index in [1.165, 1.54) is 6.07 Å². The molecule has 18 heavy (non-hydrogen) atoms. The van der Waals surface area contributed by atoms with E-state index in [1.54, 1.807) is 18.2 Å². The fourth-order valence-corrected chi connectivity index (χ4v) is 1.43. The van der Waals surface area contributed by atoms with E-state index in [4.69, 9.17) is 5.11 Å². The average Bonchev–Trinajstić information content (AvgIpc) is 2.35. The van der Waals surface area contributed by atoms with Gasteiger partial charge in [0.2, 0.25) is 5.91 Å². The zero-order valence-corrected chi connectivity index (χ0v) is 10.9. The van der Waals surface area contributed by atoms with Crippen molar-refractivity contribution in [1.82, 2.24) is 5.32 Å². The van der Waals surface area contributed by atoms with Gasteiger partial charge in [0.1, 0.15) is 5.82 Å². The second-order valence-electron chi connectivity index (χ2n) is 5.19. The number of hydrogen-bond acceptors (Lipinski definition) is 2. The highest BCUT2D eigenvalue weighted by Crippen LogP contribution is 2.12. The van der Waals surface area contributed by atoms with Gasteiger partial charge in [0.05, 0.1) is 0 Å². The van der Waals surface area contributed by atoms with Crippen LogP contribution in [-0.4, -0.2) is 24.2 Å². The number of amides is 1. The Morgan fingerprint density at radius 1 is 1.39 bits per heavy atom. The largest absolute Gasteiger partial charge is 0.396 e. The van der Waals surface area contributed by atoms with Crippen molar-refractivity contribution in [2.24, 2.45) is 5.41 Å². The fraction of sp³-hybridized carbons (Fsp3) is 0.500. The lowest BCUT2D eigenvalue weighted by Gasteiger charge is -2.21. The van der Waals surface area contributed by atoms with Crippen LogP contribution < -0.4 is 5.32 Å². The third-order valence-electron chi connectivity index (χ3n) is 2.77. The standard InChI is InChI=1S/C14H20FNO2/c1-14(2,10-17)9-16-13(18)8-7-11-5-3-4-6-12(11)15/h3-6,17H,7-10H2,1-2H3,(H,16,18). The van der Waals surface area contributed by atoms with Gasteiger partial charge in [-0.1, -0.05) is 32.0 Å². The SMILES string of the molecule is CC(C)(CO)CNC(=O)CCc1ccccc1F. The summed E-state index contributed by atoms with van der Waals surface area (Å²) in [5.41, 5.74) is 0.224. The molecule has 0 aliphatic heterocycles. The van der Waals surface area contributed by atoms with Crippen LogP contribution in [0.15, 0.2) is 24.3 Å². The van der Waals surface area contributed by atoms with Crippen molar-refractivity contribution in [3.05, 3.63) is 35.6 Å². The van der Waals surface area contributed by atoms with E-state index in [0.717, 1.165) is 0 Å². The molecule has 0 atom stereocenters. The van der Waals surface area contributed by atoms with Gasteiger partial charge in [0.15, 0.2) is 0 Å². The van der Waals surface area contributed by atoms with E-state index in [9.17, 15) is 9.18 Å². The molecule has 100 valence electrons. The van der Waals surface area contributed by atoms with Crippen molar-refractivity contribution < 1.29 is 14.3 Å². The van der Waals surface area contributed by atoms with Crippen molar-refractivity contribution in [3.8, 4) is 0 Å². The Hall–Kier alpha value is -1.42. The number of carbonyl (C=O) groups is 1. The molecule has 1 amide bonds. The minimum atomic E-state index is -0.326. The Labute approximate surface area is 107 Å². The minimum absolute atomic E-state index is 0.0145. The number of halogens is 1. The van der Waals surface area contributed by atoms with Crippen molar-refractivity contribution in [1.29, 1.82) is 0 Å². The van der Waals surface area contributed by atoms with Crippen LogP contribution in [0.5, 0.6) is 0 Å². The van der Waals surface area contributed by atoms with Crippen LogP contribution in [0.3, 0.4) is 0 Å². The molecule has 0 aliphatic carbocycles. The molecule has 0 spiro atoms. The number of aryl methyl sites for hydroxylation is 1. The Morgan fingerprint density at radius 3 is 2.67 bits per heavy atom. The smallest absolute Gasteiger partial charge is 0.220 e. The zero-order chi connectivity index (χ0) is 13.6. The van der Waals surface area contributed by atoms with Gasteiger partial charge in [-0.25, -0.2) is 4.39 Å². The molecule has 1 rings (SSSR count). The number of rotatable bonds is 6. The summed E-state index contributed by atoms with van der Waals surface area (Å²) in [5.74, 6) is -0.402. The van der Waals surface area contributed by atoms with Crippen LogP contribution in [0.25, 0.3) is 0 Å². The molecule has 0 heterocycles. The van der Waals surface area contributed by atoms with E-state index in [-0.39, 0.29) is 30.2 Å². The molecular formula is C14H20FNO2. The molecule has 4 heteroatoms. The summed E-state index contributed by atoms with van der Waals surface area (Å²) in [6, 6.07) is 6.45. The highest BCUT2D eigenvalue weighted by atomic mass is 19.1. The monoisotopic (exact) mass is 253 g/mol. The van der Waals surface area contributed by atoms with Crippen LogP contribution in [0.4, 0.5) is 4.39 Å². The summed E-state index contributed by atoms with van der Waals surface area (Å²) >= 11 is 0. The van der Waals surface area contributed by atoms with Crippen molar-refractivity contribution in [2.45, 2.75) is 26.7 Å². The molecule has 0 bridgehead atoms. The highest BCUT2D eigenvalue weighted by Gasteiger charge is 2.17. The molecule has 2 N–H and O–H groups in total. The van der Waals surface area contributed by atoms with Crippen molar-refractivity contribution in [3.63, 3.8) is 0 Å². The number of aliphatic hydroxyl groups is 1. The lowest BCUT2D eigenvalue weighted by Crippen LogP contribution is -2.36. The summed E-state index contributed by atoms with van der Waals surface area (Å²) < 4.78 is 13.3. The summed E-state index contributed by atoms with van der Waals surface area (Å²) in [6.07, 6.45) is 0.639. The van der Waals surface area contributed by atoms with Crippen LogP contribution in [0.2, 0.25) is 0 Å². The Morgan fingerprint density at radius 2 is 2.06 bits per heavy atom. The summed E-state index contributed by atoms with van der Waals surface area (Å²) in [4.78, 5) is 11.6. The first-order chi connectivity index (χ1) is 8.44. The van der Waals surface area contributed by atoms with Gasteiger partial charge in [-0.3, -0.25) is 4.79 Å². The summed E-state index contributed by atoms with van der Waals surface area (Å²) in [7, 11) is 0. The van der Waals surface area contributed by atoms with Gasteiger partial charge >= 0.3 is 0 Å². The van der Waals surface area contributed by atoms with E-state index in [2.05, 4.69) is 5.32 Å². The maximum absolute atomic E-state index is 13.3. The highest BCUT2D eigenvalue weighted by molar-refractivity contribution is 5.76. The Bertz CT molecular complexity index is 405. The van der Waals surface area contributed by atoms with Crippen molar-refractivity contribution in [2.75, 3.05) is 13.2 Å². The number of aliphatic hydroxyl groups excluding tert-OH is 1. The molecule has 1 aromatic rings. The normalized spacial score (nSPS) is 11.3. The van der Waals surface area contributed by atoms with Crippen LogP contribution >= 0.6 is 0 Å². The van der Waals surface area contributed by atoms with Crippen LogP contribution in [0, 0.1) is 11.2 Å². The third-order valence-corrected chi connectivity index (χ3v) is 2.77. The minimum Gasteiger partial charge on any atom is -0.396 e. The van der Waals surface area contributed by atoms with E-state index in [0.29, 0.717) is 18.5 Å². The molecule has 0 fully saturated rings. The second kappa shape index (κ2) is 6.50. The lowest BCUT2D eigenvalue weighted by atomic mass is 9.95. The van der Waals surface area contributed by atoms with Crippen molar-refractivity contribution >= 4 is 5.91 Å². The van der Waals surface area contributed by atoms with Gasteiger partial charge in [0, 0.05) is 25.0 Å². The summed E-state index contributed by atoms with van der Waals surface area (Å²) in [5, 5.41) is 11.8. The third kappa shape index (κ3) is 4.84. The molecule has 0 unspecified atom stereocenters. The van der Waals surface area contributed by atoms with Gasteiger partial charge in [0.25, 0.3) is 0 Å². The number of carbonyl (C=O) groups excluding carboxylic acids is 1. The van der Waals surface area contributed by atoms with E-state index >= 15 is 0 Å². The summed E-state index contributed by atoms with van der Waals surface area (Å²) in [6.45, 7) is 4.16. The van der Waals surface area contributed by atoms with Crippen LogP contribution in [-0.2, 0) is 11.2 Å². The van der Waals surface area contributed by atoms with Gasteiger partial charge < -0.3 is 10.4 Å². The fourth-order valence-electron chi connectivity index (χ4n) is 1.43. The molecule has 0 saturated heterocycles. The lowest BCUT2D eigenvalue weighted by molar-refractivity contribution is -0.121. The molecule has 0 aliphatic rings. The number of hydrogen-bond donors (Lipinski definition) is 2. The number of benzene rings is 1. The Balaban J connectivity index is 2.36. The topological polar surface area (TPSA) is 49.3 Å². The zero-order valence-electron chi connectivity index (χ0n) is 10.9.